The second kappa shape index (κ2) is 5.63. The minimum atomic E-state index is -4.59. The number of para-hydroxylation sites is 1. The van der Waals surface area contributed by atoms with E-state index < -0.39 is 15.6 Å². The summed E-state index contributed by atoms with van der Waals surface area (Å²) in [4.78, 5) is 1.49. The van der Waals surface area contributed by atoms with Crippen molar-refractivity contribution in [3.8, 4) is 0 Å². The highest BCUT2D eigenvalue weighted by Crippen LogP contribution is 2.33. The molecule has 2 rings (SSSR count). The van der Waals surface area contributed by atoms with Gasteiger partial charge in [-0.05, 0) is 25.0 Å². The zero-order valence-corrected chi connectivity index (χ0v) is 11.7. The SMILES string of the molecule is O=S(=O)(c1ccccc1N1CCCC1CCl)C(F)F. The Labute approximate surface area is 116 Å². The molecule has 1 unspecified atom stereocenters. The lowest BCUT2D eigenvalue weighted by atomic mass is 10.2. The van der Waals surface area contributed by atoms with E-state index in [1.807, 2.05) is 4.90 Å². The van der Waals surface area contributed by atoms with Crippen molar-refractivity contribution < 1.29 is 17.2 Å². The van der Waals surface area contributed by atoms with Crippen molar-refractivity contribution in [1.29, 1.82) is 0 Å². The Morgan fingerprint density at radius 3 is 2.68 bits per heavy atom. The minimum Gasteiger partial charge on any atom is -0.366 e. The van der Waals surface area contributed by atoms with E-state index in [1.165, 1.54) is 12.1 Å². The van der Waals surface area contributed by atoms with Gasteiger partial charge >= 0.3 is 5.76 Å². The molecule has 0 radical (unpaired) electrons. The smallest absolute Gasteiger partial charge is 0.341 e. The number of alkyl halides is 3. The number of nitrogens with zero attached hydrogens (tertiary/aromatic N) is 1. The van der Waals surface area contributed by atoms with E-state index in [9.17, 15) is 17.2 Å². The van der Waals surface area contributed by atoms with Crippen LogP contribution in [0.3, 0.4) is 0 Å². The zero-order chi connectivity index (χ0) is 14.0. The third-order valence-corrected chi connectivity index (χ3v) is 5.05. The second-order valence-electron chi connectivity index (χ2n) is 4.42. The van der Waals surface area contributed by atoms with Gasteiger partial charge in [0, 0.05) is 18.5 Å². The van der Waals surface area contributed by atoms with Gasteiger partial charge in [0.05, 0.1) is 10.6 Å². The van der Waals surface area contributed by atoms with Crippen LogP contribution in [0.1, 0.15) is 12.8 Å². The molecule has 7 heteroatoms. The maximum absolute atomic E-state index is 12.7. The lowest BCUT2D eigenvalue weighted by Crippen LogP contribution is -2.32. The van der Waals surface area contributed by atoms with Crippen molar-refractivity contribution >= 4 is 27.1 Å². The zero-order valence-electron chi connectivity index (χ0n) is 10.1. The summed E-state index contributed by atoms with van der Waals surface area (Å²) in [5.41, 5.74) is 0.325. The first kappa shape index (κ1) is 14.5. The molecule has 1 aliphatic rings. The van der Waals surface area contributed by atoms with Crippen LogP contribution in [0.5, 0.6) is 0 Å². The molecule has 1 aliphatic heterocycles. The third kappa shape index (κ3) is 2.69. The molecule has 0 amide bonds. The van der Waals surface area contributed by atoms with Crippen LogP contribution >= 0.6 is 11.6 Å². The molecule has 0 N–H and O–H groups in total. The van der Waals surface area contributed by atoms with Gasteiger partial charge in [-0.2, -0.15) is 8.78 Å². The molecule has 0 spiro atoms. The summed E-state index contributed by atoms with van der Waals surface area (Å²) in [5.74, 6) is -3.06. The molecular formula is C12H14ClF2NO2S. The number of halogens is 3. The van der Waals surface area contributed by atoms with Gasteiger partial charge in [-0.15, -0.1) is 11.6 Å². The summed E-state index contributed by atoms with van der Waals surface area (Å²) in [6.45, 7) is 0.632. The van der Waals surface area contributed by atoms with E-state index in [0.29, 0.717) is 18.1 Å². The van der Waals surface area contributed by atoms with Crippen LogP contribution in [-0.4, -0.2) is 32.6 Å². The fourth-order valence-electron chi connectivity index (χ4n) is 2.34. The molecule has 3 nitrogen and oxygen atoms in total. The summed E-state index contributed by atoms with van der Waals surface area (Å²) < 4.78 is 48.8. The Bertz CT molecular complexity index is 550. The van der Waals surface area contributed by atoms with Gasteiger partial charge in [-0.1, -0.05) is 12.1 Å². The molecule has 19 heavy (non-hydrogen) atoms. The van der Waals surface area contributed by atoms with Crippen LogP contribution < -0.4 is 4.90 Å². The van der Waals surface area contributed by atoms with Crippen LogP contribution in [0.4, 0.5) is 14.5 Å². The van der Waals surface area contributed by atoms with Gasteiger partial charge in [0.2, 0.25) is 9.84 Å². The second-order valence-corrected chi connectivity index (χ2v) is 6.61. The molecule has 0 aliphatic carbocycles. The maximum atomic E-state index is 12.7. The number of anilines is 1. The monoisotopic (exact) mass is 309 g/mol. The van der Waals surface area contributed by atoms with Crippen molar-refractivity contribution in [2.45, 2.75) is 29.5 Å². The number of hydrogen-bond acceptors (Lipinski definition) is 3. The molecule has 0 saturated carbocycles. The summed E-state index contributed by atoms with van der Waals surface area (Å²) in [5, 5.41) is 0. The van der Waals surface area contributed by atoms with Crippen molar-refractivity contribution in [1.82, 2.24) is 0 Å². The molecule has 1 saturated heterocycles. The Hall–Kier alpha value is -0.880. The molecule has 0 bridgehead atoms. The van der Waals surface area contributed by atoms with Crippen LogP contribution in [0.15, 0.2) is 29.2 Å². The number of sulfone groups is 1. The van der Waals surface area contributed by atoms with Crippen LogP contribution in [0.2, 0.25) is 0 Å². The van der Waals surface area contributed by atoms with E-state index in [1.54, 1.807) is 12.1 Å². The summed E-state index contributed by atoms with van der Waals surface area (Å²) in [6, 6.07) is 5.87. The lowest BCUT2D eigenvalue weighted by molar-refractivity contribution is 0.235. The fourth-order valence-corrected chi connectivity index (χ4v) is 3.60. The summed E-state index contributed by atoms with van der Waals surface area (Å²) in [6.07, 6.45) is 1.72. The standard InChI is InChI=1S/C12H14ClF2NO2S/c13-8-9-4-3-7-16(9)10-5-1-2-6-11(10)19(17,18)12(14)15/h1-2,5-6,9,12H,3-4,7-8H2. The van der Waals surface area contributed by atoms with Gasteiger partial charge in [0.1, 0.15) is 0 Å². The van der Waals surface area contributed by atoms with Crippen molar-refractivity contribution in [3.63, 3.8) is 0 Å². The first-order chi connectivity index (χ1) is 8.98. The van der Waals surface area contributed by atoms with Crippen molar-refractivity contribution in [2.75, 3.05) is 17.3 Å². The molecule has 1 atom stereocenters. The van der Waals surface area contributed by atoms with Gasteiger partial charge < -0.3 is 4.90 Å². The summed E-state index contributed by atoms with van der Waals surface area (Å²) in [7, 11) is -4.59. The van der Waals surface area contributed by atoms with E-state index in [0.717, 1.165) is 12.8 Å². The maximum Gasteiger partial charge on any atom is 0.341 e. The first-order valence-corrected chi connectivity index (χ1v) is 8.00. The number of rotatable bonds is 4. The Kier molecular flexibility index (Phi) is 4.30. The van der Waals surface area contributed by atoms with Gasteiger partial charge in [-0.3, -0.25) is 0 Å². The highest BCUT2D eigenvalue weighted by Gasteiger charge is 2.33. The highest BCUT2D eigenvalue weighted by molar-refractivity contribution is 7.91. The van der Waals surface area contributed by atoms with Crippen LogP contribution in [0, 0.1) is 0 Å². The van der Waals surface area contributed by atoms with E-state index >= 15 is 0 Å². The molecule has 1 heterocycles. The number of hydrogen-bond donors (Lipinski definition) is 0. The molecular weight excluding hydrogens is 296 g/mol. The molecule has 0 aromatic heterocycles. The molecule has 1 fully saturated rings. The van der Waals surface area contributed by atoms with Gasteiger partial charge in [-0.25, -0.2) is 8.42 Å². The normalized spacial score (nSPS) is 20.2. The predicted octanol–water partition coefficient (Wildman–Crippen LogP) is 2.89. The average molecular weight is 310 g/mol. The van der Waals surface area contributed by atoms with E-state index in [4.69, 9.17) is 11.6 Å². The van der Waals surface area contributed by atoms with Crippen molar-refractivity contribution in [2.24, 2.45) is 0 Å². The number of benzene rings is 1. The Morgan fingerprint density at radius 1 is 1.37 bits per heavy atom. The average Bonchev–Trinajstić information content (AvgIpc) is 2.86. The first-order valence-electron chi connectivity index (χ1n) is 5.92. The predicted molar refractivity (Wildman–Crippen MR) is 70.7 cm³/mol. The third-order valence-electron chi connectivity index (χ3n) is 3.27. The quantitative estimate of drug-likeness (QED) is 0.803. The molecule has 1 aromatic carbocycles. The van der Waals surface area contributed by atoms with Crippen LogP contribution in [0.25, 0.3) is 0 Å². The Balaban J connectivity index is 2.48. The highest BCUT2D eigenvalue weighted by atomic mass is 35.5. The van der Waals surface area contributed by atoms with Crippen LogP contribution in [-0.2, 0) is 9.84 Å². The Morgan fingerprint density at radius 2 is 2.05 bits per heavy atom. The van der Waals surface area contributed by atoms with E-state index in [2.05, 4.69) is 0 Å². The van der Waals surface area contributed by atoms with E-state index in [-0.39, 0.29) is 10.9 Å². The lowest BCUT2D eigenvalue weighted by Gasteiger charge is -2.27. The topological polar surface area (TPSA) is 37.4 Å². The minimum absolute atomic E-state index is 0.00399. The fraction of sp³-hybridized carbons (Fsp3) is 0.500. The molecule has 1 aromatic rings. The molecule has 106 valence electrons. The van der Waals surface area contributed by atoms with Gasteiger partial charge in [0.25, 0.3) is 0 Å². The largest absolute Gasteiger partial charge is 0.366 e. The van der Waals surface area contributed by atoms with Gasteiger partial charge in [0.15, 0.2) is 0 Å². The summed E-state index contributed by atoms with van der Waals surface area (Å²) >= 11 is 5.84. The van der Waals surface area contributed by atoms with Crippen molar-refractivity contribution in [3.05, 3.63) is 24.3 Å².